The van der Waals surface area contributed by atoms with Crippen molar-refractivity contribution in [1.82, 2.24) is 4.98 Å². The number of rotatable bonds is 2. The van der Waals surface area contributed by atoms with Crippen molar-refractivity contribution in [2.75, 3.05) is 24.6 Å². The third-order valence-electron chi connectivity index (χ3n) is 2.91. The van der Waals surface area contributed by atoms with E-state index >= 15 is 0 Å². The predicted molar refractivity (Wildman–Crippen MR) is 72.5 cm³/mol. The fourth-order valence-electron chi connectivity index (χ4n) is 2.05. The monoisotopic (exact) mass is 268 g/mol. The minimum atomic E-state index is -0.0391. The summed E-state index contributed by atoms with van der Waals surface area (Å²) in [4.78, 5) is 6.40. The van der Waals surface area contributed by atoms with E-state index in [1.54, 1.807) is 12.3 Å². The van der Waals surface area contributed by atoms with Crippen molar-refractivity contribution < 1.29 is 4.74 Å². The van der Waals surface area contributed by atoms with E-state index < -0.39 is 0 Å². The minimum Gasteiger partial charge on any atom is -0.384 e. The highest BCUT2D eigenvalue weighted by atomic mass is 35.5. The van der Waals surface area contributed by atoms with Crippen LogP contribution in [-0.2, 0) is 4.74 Å². The molecule has 1 atom stereocenters. The molecule has 0 amide bonds. The first-order valence-electron chi connectivity index (χ1n) is 5.95. The van der Waals surface area contributed by atoms with Gasteiger partial charge in [0.05, 0.1) is 11.1 Å². The number of halogens is 1. The van der Waals surface area contributed by atoms with Gasteiger partial charge in [-0.05, 0) is 19.4 Å². The molecular formula is C12H17ClN4O. The fraction of sp³-hybridized carbons (Fsp3) is 0.500. The van der Waals surface area contributed by atoms with Crippen LogP contribution in [0.1, 0.15) is 18.9 Å². The van der Waals surface area contributed by atoms with Gasteiger partial charge in [-0.1, -0.05) is 11.6 Å². The number of nitrogens with one attached hydrogen (secondary N) is 1. The molecule has 0 spiro atoms. The standard InChI is InChI=1S/C12H17ClN4O/c1-8-7-17(5-2-6-18-8)12-10(13)9(11(14)15)3-4-16-12/h3-4,8H,2,5-7H2,1H3,(H3,14,15). The van der Waals surface area contributed by atoms with Gasteiger partial charge in [0.25, 0.3) is 0 Å². The largest absolute Gasteiger partial charge is 0.384 e. The Morgan fingerprint density at radius 2 is 2.44 bits per heavy atom. The Morgan fingerprint density at radius 3 is 3.17 bits per heavy atom. The van der Waals surface area contributed by atoms with E-state index in [-0.39, 0.29) is 11.9 Å². The van der Waals surface area contributed by atoms with Gasteiger partial charge in [0.15, 0.2) is 0 Å². The van der Waals surface area contributed by atoms with Crippen LogP contribution in [0.2, 0.25) is 5.02 Å². The van der Waals surface area contributed by atoms with Gasteiger partial charge < -0.3 is 15.4 Å². The molecule has 1 fully saturated rings. The SMILES string of the molecule is CC1CN(c2nccc(C(=N)N)c2Cl)CCCO1. The number of nitrogens with two attached hydrogens (primary N) is 1. The first-order valence-corrected chi connectivity index (χ1v) is 6.33. The number of ether oxygens (including phenoxy) is 1. The van der Waals surface area contributed by atoms with Gasteiger partial charge in [-0.2, -0.15) is 0 Å². The minimum absolute atomic E-state index is 0.0391. The first-order chi connectivity index (χ1) is 8.59. The Labute approximate surface area is 111 Å². The van der Waals surface area contributed by atoms with Crippen LogP contribution >= 0.6 is 11.6 Å². The van der Waals surface area contributed by atoms with E-state index in [2.05, 4.69) is 9.88 Å². The molecule has 2 rings (SSSR count). The second kappa shape index (κ2) is 5.54. The van der Waals surface area contributed by atoms with Crippen LogP contribution < -0.4 is 10.6 Å². The quantitative estimate of drug-likeness (QED) is 0.632. The zero-order chi connectivity index (χ0) is 13.1. The summed E-state index contributed by atoms with van der Waals surface area (Å²) in [6.07, 6.45) is 2.72. The molecule has 1 saturated heterocycles. The summed E-state index contributed by atoms with van der Waals surface area (Å²) in [6.45, 7) is 4.37. The first kappa shape index (κ1) is 13.1. The number of amidine groups is 1. The highest BCUT2D eigenvalue weighted by Gasteiger charge is 2.20. The van der Waals surface area contributed by atoms with E-state index in [0.717, 1.165) is 26.1 Å². The second-order valence-corrected chi connectivity index (χ2v) is 4.77. The molecule has 0 radical (unpaired) electrons. The molecule has 3 N–H and O–H groups in total. The summed E-state index contributed by atoms with van der Waals surface area (Å²) >= 11 is 6.27. The average molecular weight is 269 g/mol. The number of aromatic nitrogens is 1. The highest BCUT2D eigenvalue weighted by molar-refractivity contribution is 6.36. The van der Waals surface area contributed by atoms with Gasteiger partial charge >= 0.3 is 0 Å². The molecule has 0 aliphatic carbocycles. The van der Waals surface area contributed by atoms with Crippen LogP contribution in [0.25, 0.3) is 0 Å². The third-order valence-corrected chi connectivity index (χ3v) is 3.29. The molecule has 1 unspecified atom stereocenters. The predicted octanol–water partition coefficient (Wildman–Crippen LogP) is 1.63. The molecule has 2 heterocycles. The second-order valence-electron chi connectivity index (χ2n) is 4.39. The lowest BCUT2D eigenvalue weighted by Crippen LogP contribution is -2.31. The van der Waals surface area contributed by atoms with Crippen LogP contribution in [0.15, 0.2) is 12.3 Å². The summed E-state index contributed by atoms with van der Waals surface area (Å²) in [6, 6.07) is 1.66. The van der Waals surface area contributed by atoms with Crippen molar-refractivity contribution in [2.45, 2.75) is 19.4 Å². The smallest absolute Gasteiger partial charge is 0.148 e. The number of nitrogen functional groups attached to an aromatic ring is 1. The normalized spacial score (nSPS) is 20.6. The van der Waals surface area contributed by atoms with E-state index in [1.165, 1.54) is 0 Å². The molecule has 98 valence electrons. The van der Waals surface area contributed by atoms with Crippen LogP contribution in [0, 0.1) is 5.41 Å². The van der Waals surface area contributed by atoms with Gasteiger partial charge in [-0.3, -0.25) is 5.41 Å². The summed E-state index contributed by atoms with van der Waals surface area (Å²) in [5.74, 6) is 0.643. The number of nitrogens with zero attached hydrogens (tertiary/aromatic N) is 2. The molecule has 1 aliphatic rings. The van der Waals surface area contributed by atoms with Crippen molar-refractivity contribution in [3.63, 3.8) is 0 Å². The molecule has 1 aromatic heterocycles. The Kier molecular flexibility index (Phi) is 4.04. The molecule has 0 saturated carbocycles. The van der Waals surface area contributed by atoms with Crippen molar-refractivity contribution in [3.05, 3.63) is 22.8 Å². The van der Waals surface area contributed by atoms with Crippen LogP contribution in [0.4, 0.5) is 5.82 Å². The average Bonchev–Trinajstić information content (AvgIpc) is 2.53. The topological polar surface area (TPSA) is 75.2 Å². The maximum Gasteiger partial charge on any atom is 0.148 e. The molecule has 6 heteroatoms. The summed E-state index contributed by atoms with van der Waals surface area (Å²) in [5.41, 5.74) is 6.03. The molecule has 0 aromatic carbocycles. The third kappa shape index (κ3) is 2.73. The van der Waals surface area contributed by atoms with Crippen LogP contribution in [-0.4, -0.2) is 36.6 Å². The van der Waals surface area contributed by atoms with Crippen molar-refractivity contribution in [2.24, 2.45) is 5.73 Å². The molecular weight excluding hydrogens is 252 g/mol. The van der Waals surface area contributed by atoms with Gasteiger partial charge in [-0.25, -0.2) is 4.98 Å². The Hall–Kier alpha value is -1.33. The fourth-order valence-corrected chi connectivity index (χ4v) is 2.38. The molecule has 18 heavy (non-hydrogen) atoms. The van der Waals surface area contributed by atoms with E-state index in [4.69, 9.17) is 27.5 Å². The van der Waals surface area contributed by atoms with Crippen molar-refractivity contribution in [1.29, 1.82) is 5.41 Å². The van der Waals surface area contributed by atoms with E-state index in [9.17, 15) is 0 Å². The van der Waals surface area contributed by atoms with Gasteiger partial charge in [-0.15, -0.1) is 0 Å². The highest BCUT2D eigenvalue weighted by Crippen LogP contribution is 2.27. The lowest BCUT2D eigenvalue weighted by atomic mass is 10.2. The van der Waals surface area contributed by atoms with Crippen molar-refractivity contribution >= 4 is 23.3 Å². The van der Waals surface area contributed by atoms with Crippen molar-refractivity contribution in [3.8, 4) is 0 Å². The Morgan fingerprint density at radius 1 is 1.67 bits per heavy atom. The molecule has 1 aliphatic heterocycles. The van der Waals surface area contributed by atoms with Crippen LogP contribution in [0.3, 0.4) is 0 Å². The number of anilines is 1. The van der Waals surface area contributed by atoms with E-state index in [0.29, 0.717) is 16.4 Å². The summed E-state index contributed by atoms with van der Waals surface area (Å²) in [5, 5.41) is 7.94. The van der Waals surface area contributed by atoms with Crippen LogP contribution in [0.5, 0.6) is 0 Å². The maximum absolute atomic E-state index is 7.49. The summed E-state index contributed by atoms with van der Waals surface area (Å²) < 4.78 is 5.59. The Bertz CT molecular complexity index is 452. The molecule has 0 bridgehead atoms. The molecule has 5 nitrogen and oxygen atoms in total. The summed E-state index contributed by atoms with van der Waals surface area (Å²) in [7, 11) is 0. The maximum atomic E-state index is 7.49. The zero-order valence-corrected chi connectivity index (χ0v) is 11.1. The molecule has 1 aromatic rings. The van der Waals surface area contributed by atoms with Gasteiger partial charge in [0.2, 0.25) is 0 Å². The Balaban J connectivity index is 2.32. The van der Waals surface area contributed by atoms with Gasteiger partial charge in [0.1, 0.15) is 11.7 Å². The van der Waals surface area contributed by atoms with Gasteiger partial charge in [0, 0.05) is 31.5 Å². The number of pyridine rings is 1. The number of hydrogen-bond acceptors (Lipinski definition) is 4. The lowest BCUT2D eigenvalue weighted by Gasteiger charge is -2.24. The zero-order valence-electron chi connectivity index (χ0n) is 10.3. The number of hydrogen-bond donors (Lipinski definition) is 2. The lowest BCUT2D eigenvalue weighted by molar-refractivity contribution is 0.0820. The van der Waals surface area contributed by atoms with E-state index in [1.807, 2.05) is 6.92 Å².